The molecule has 0 aliphatic carbocycles. The molecule has 0 radical (unpaired) electrons. The van der Waals surface area contributed by atoms with Crippen LogP contribution in [-0.4, -0.2) is 36.6 Å². The highest BCUT2D eigenvalue weighted by atomic mass is 35.5. The summed E-state index contributed by atoms with van der Waals surface area (Å²) in [5, 5.41) is 3.32. The molecule has 1 fully saturated rings. The summed E-state index contributed by atoms with van der Waals surface area (Å²) in [6.45, 7) is 7.83. The molecule has 138 valence electrons. The molecule has 1 aliphatic heterocycles. The summed E-state index contributed by atoms with van der Waals surface area (Å²) in [7, 11) is 0. The van der Waals surface area contributed by atoms with Crippen LogP contribution in [-0.2, 0) is 0 Å². The van der Waals surface area contributed by atoms with Gasteiger partial charge in [0.15, 0.2) is 0 Å². The summed E-state index contributed by atoms with van der Waals surface area (Å²) in [5.74, 6) is 0.327. The molecular weight excluding hydrogens is 357 g/mol. The fourth-order valence-corrected chi connectivity index (χ4v) is 4.08. The van der Waals surface area contributed by atoms with Crippen molar-refractivity contribution in [2.45, 2.75) is 43.1 Å². The van der Waals surface area contributed by atoms with E-state index < -0.39 is 5.51 Å². The molecule has 1 saturated heterocycles. The van der Waals surface area contributed by atoms with Gasteiger partial charge in [0.05, 0.1) is 0 Å². The number of thioether (sulfide) groups is 1. The van der Waals surface area contributed by atoms with Crippen LogP contribution in [0.1, 0.15) is 38.3 Å². The number of hydrogen-bond donors (Lipinski definition) is 1. The number of rotatable bonds is 6. The molecule has 1 unspecified atom stereocenters. The smallest absolute Gasteiger partial charge is 0.314 e. The summed E-state index contributed by atoms with van der Waals surface area (Å²) < 4.78 is 38.7. The van der Waals surface area contributed by atoms with Crippen LogP contribution in [0.2, 0.25) is 0 Å². The zero-order valence-corrected chi connectivity index (χ0v) is 15.7. The summed E-state index contributed by atoms with van der Waals surface area (Å²) in [5.41, 5.74) is -3.43. The Morgan fingerprint density at radius 1 is 1.21 bits per heavy atom. The largest absolute Gasteiger partial charge is 0.446 e. The van der Waals surface area contributed by atoms with Gasteiger partial charge in [-0.2, -0.15) is 13.2 Å². The molecule has 2 rings (SSSR count). The van der Waals surface area contributed by atoms with Crippen LogP contribution < -0.4 is 5.32 Å². The zero-order chi connectivity index (χ0) is 16.9. The van der Waals surface area contributed by atoms with Crippen LogP contribution >= 0.6 is 24.2 Å². The number of nitrogens with zero attached hydrogens (tertiary/aromatic N) is 1. The topological polar surface area (TPSA) is 15.3 Å². The van der Waals surface area contributed by atoms with E-state index in [2.05, 4.69) is 24.1 Å². The first-order chi connectivity index (χ1) is 10.9. The molecule has 0 saturated carbocycles. The van der Waals surface area contributed by atoms with Gasteiger partial charge >= 0.3 is 5.51 Å². The first-order valence-corrected chi connectivity index (χ1v) is 9.03. The lowest BCUT2D eigenvalue weighted by Crippen LogP contribution is -2.46. The molecule has 2 atom stereocenters. The van der Waals surface area contributed by atoms with Gasteiger partial charge in [-0.05, 0) is 35.7 Å². The molecule has 2 nitrogen and oxygen atoms in total. The Morgan fingerprint density at radius 2 is 1.83 bits per heavy atom. The van der Waals surface area contributed by atoms with Gasteiger partial charge in [0, 0.05) is 37.1 Å². The summed E-state index contributed by atoms with van der Waals surface area (Å²) >= 11 is 0.0129. The molecule has 0 aromatic heterocycles. The van der Waals surface area contributed by atoms with E-state index in [-0.39, 0.29) is 30.2 Å². The Morgan fingerprint density at radius 3 is 2.42 bits per heavy atom. The fourth-order valence-electron chi connectivity index (χ4n) is 3.38. The standard InChI is InChI=1S/C17H25F3N2S.ClH/c1-3-6-13(2)16(22-11-9-21-10-12-22)14-7-4-5-8-15(14)23-17(18,19)20;/h4-5,7-8,13,16,21H,3,6,9-12H2,1-2H3;1H/t13?,16-;/m0./s1. The minimum atomic E-state index is -4.25. The predicted octanol–water partition coefficient (Wildman–Crippen LogP) is 5.10. The third-order valence-corrected chi connectivity index (χ3v) is 5.11. The number of hydrogen-bond acceptors (Lipinski definition) is 3. The van der Waals surface area contributed by atoms with Crippen molar-refractivity contribution in [2.75, 3.05) is 26.2 Å². The van der Waals surface area contributed by atoms with Crippen molar-refractivity contribution in [3.05, 3.63) is 29.8 Å². The number of benzene rings is 1. The summed E-state index contributed by atoms with van der Waals surface area (Å²) in [6.07, 6.45) is 2.05. The SMILES string of the molecule is CCCC(C)[C@@H](c1ccccc1SC(F)(F)F)N1CCNCC1.Cl. The Balaban J connectivity index is 0.00000288. The highest BCUT2D eigenvalue weighted by molar-refractivity contribution is 8.00. The van der Waals surface area contributed by atoms with Gasteiger partial charge < -0.3 is 5.32 Å². The van der Waals surface area contributed by atoms with Crippen LogP contribution in [0, 0.1) is 5.92 Å². The van der Waals surface area contributed by atoms with E-state index in [1.807, 2.05) is 12.1 Å². The third kappa shape index (κ3) is 6.14. The normalized spacial score (nSPS) is 18.7. The quantitative estimate of drug-likeness (QED) is 0.689. The first-order valence-electron chi connectivity index (χ1n) is 8.22. The van der Waals surface area contributed by atoms with E-state index >= 15 is 0 Å². The molecule has 24 heavy (non-hydrogen) atoms. The second-order valence-corrected chi connectivity index (χ2v) is 7.19. The number of piperazine rings is 1. The maximum Gasteiger partial charge on any atom is 0.446 e. The minimum absolute atomic E-state index is 0. The molecule has 7 heteroatoms. The summed E-state index contributed by atoms with van der Waals surface area (Å²) in [6, 6.07) is 7.05. The predicted molar refractivity (Wildman–Crippen MR) is 96.9 cm³/mol. The number of halogens is 4. The molecule has 0 amide bonds. The fraction of sp³-hybridized carbons (Fsp3) is 0.647. The molecule has 1 aliphatic rings. The van der Waals surface area contributed by atoms with Crippen LogP contribution in [0.25, 0.3) is 0 Å². The van der Waals surface area contributed by atoms with E-state index in [4.69, 9.17) is 0 Å². The number of alkyl halides is 3. The molecule has 1 N–H and O–H groups in total. The Kier molecular flexibility index (Phi) is 8.91. The van der Waals surface area contributed by atoms with E-state index in [1.54, 1.807) is 12.1 Å². The Labute approximate surface area is 153 Å². The molecule has 1 aromatic carbocycles. The van der Waals surface area contributed by atoms with E-state index in [1.165, 1.54) is 0 Å². The van der Waals surface area contributed by atoms with E-state index in [0.29, 0.717) is 10.8 Å². The van der Waals surface area contributed by atoms with Gasteiger partial charge in [-0.25, -0.2) is 0 Å². The third-order valence-electron chi connectivity index (χ3n) is 4.29. The van der Waals surface area contributed by atoms with Gasteiger partial charge in [-0.1, -0.05) is 38.5 Å². The highest BCUT2D eigenvalue weighted by Gasteiger charge is 2.34. The van der Waals surface area contributed by atoms with Crippen molar-refractivity contribution < 1.29 is 13.2 Å². The lowest BCUT2D eigenvalue weighted by Gasteiger charge is -2.39. The van der Waals surface area contributed by atoms with Crippen LogP contribution in [0.15, 0.2) is 29.2 Å². The van der Waals surface area contributed by atoms with Gasteiger partial charge in [0.25, 0.3) is 0 Å². The molecule has 0 bridgehead atoms. The average Bonchev–Trinajstić information content (AvgIpc) is 2.49. The first kappa shape index (κ1) is 21.6. The highest BCUT2D eigenvalue weighted by Crippen LogP contribution is 2.43. The van der Waals surface area contributed by atoms with Gasteiger partial charge in [-0.15, -0.1) is 12.4 Å². The van der Waals surface area contributed by atoms with Gasteiger partial charge in [0.1, 0.15) is 0 Å². The monoisotopic (exact) mass is 382 g/mol. The van der Waals surface area contributed by atoms with Crippen molar-refractivity contribution in [1.29, 1.82) is 0 Å². The minimum Gasteiger partial charge on any atom is -0.314 e. The summed E-state index contributed by atoms with van der Waals surface area (Å²) in [4.78, 5) is 2.68. The Hall–Kier alpha value is -0.430. The lowest BCUT2D eigenvalue weighted by molar-refractivity contribution is -0.0329. The lowest BCUT2D eigenvalue weighted by atomic mass is 9.89. The maximum atomic E-state index is 12.9. The molecule has 1 heterocycles. The second-order valence-electron chi connectivity index (χ2n) is 6.08. The van der Waals surface area contributed by atoms with Crippen LogP contribution in [0.3, 0.4) is 0 Å². The zero-order valence-electron chi connectivity index (χ0n) is 14.1. The van der Waals surface area contributed by atoms with Crippen molar-refractivity contribution in [2.24, 2.45) is 5.92 Å². The van der Waals surface area contributed by atoms with Crippen LogP contribution in [0.5, 0.6) is 0 Å². The molecular formula is C17H26ClF3N2S. The van der Waals surface area contributed by atoms with E-state index in [0.717, 1.165) is 44.6 Å². The molecule has 0 spiro atoms. The average molecular weight is 383 g/mol. The maximum absolute atomic E-state index is 12.9. The van der Waals surface area contributed by atoms with Crippen molar-refractivity contribution in [3.63, 3.8) is 0 Å². The number of nitrogens with one attached hydrogen (secondary N) is 1. The Bertz CT molecular complexity index is 493. The van der Waals surface area contributed by atoms with Gasteiger partial charge in [0.2, 0.25) is 0 Å². The molecule has 1 aromatic rings. The van der Waals surface area contributed by atoms with Crippen LogP contribution in [0.4, 0.5) is 13.2 Å². The van der Waals surface area contributed by atoms with Crippen molar-refractivity contribution in [1.82, 2.24) is 10.2 Å². The van der Waals surface area contributed by atoms with E-state index in [9.17, 15) is 13.2 Å². The van der Waals surface area contributed by atoms with Crippen molar-refractivity contribution in [3.8, 4) is 0 Å². The van der Waals surface area contributed by atoms with Gasteiger partial charge in [-0.3, -0.25) is 4.90 Å². The van der Waals surface area contributed by atoms with Crippen molar-refractivity contribution >= 4 is 24.2 Å². The second kappa shape index (κ2) is 9.90.